The normalized spacial score (nSPS) is 13.6. The molecule has 0 aliphatic carbocycles. The van der Waals surface area contributed by atoms with Gasteiger partial charge in [-0.1, -0.05) is 81.1 Å². The molecule has 0 N–H and O–H groups in total. The molecule has 0 nitrogen and oxygen atoms in total. The molecule has 0 saturated carbocycles. The van der Waals surface area contributed by atoms with Gasteiger partial charge in [0.2, 0.25) is 0 Å². The molecule has 0 spiro atoms. The highest BCUT2D eigenvalue weighted by Crippen LogP contribution is 2.40. The number of thioether (sulfide) groups is 1. The number of rotatable bonds is 4. The predicted molar refractivity (Wildman–Crippen MR) is 111 cm³/mol. The van der Waals surface area contributed by atoms with Crippen LogP contribution in [0.4, 0.5) is 4.39 Å². The van der Waals surface area contributed by atoms with Gasteiger partial charge in [0, 0.05) is 10.5 Å². The van der Waals surface area contributed by atoms with Gasteiger partial charge in [-0.05, 0) is 53.9 Å². The Balaban J connectivity index is 2.56. The van der Waals surface area contributed by atoms with Crippen LogP contribution in [0.15, 0.2) is 59.5 Å². The second kappa shape index (κ2) is 8.05. The molecule has 2 heteroatoms. The van der Waals surface area contributed by atoms with E-state index in [-0.39, 0.29) is 11.2 Å². The van der Waals surface area contributed by atoms with Crippen LogP contribution in [0.2, 0.25) is 0 Å². The van der Waals surface area contributed by atoms with Crippen LogP contribution in [0.3, 0.4) is 0 Å². The zero-order valence-corrected chi connectivity index (χ0v) is 16.8. The summed E-state index contributed by atoms with van der Waals surface area (Å²) in [6.07, 6.45) is 2.06. The molecule has 0 atom stereocenters. The summed E-state index contributed by atoms with van der Waals surface area (Å²) in [6.45, 7) is 12.8. The van der Waals surface area contributed by atoms with Crippen molar-refractivity contribution in [3.05, 3.63) is 82.0 Å². The Morgan fingerprint density at radius 3 is 2.08 bits per heavy atom. The summed E-state index contributed by atoms with van der Waals surface area (Å²) in [7, 11) is 0. The van der Waals surface area contributed by atoms with Gasteiger partial charge in [-0.25, -0.2) is 4.39 Å². The van der Waals surface area contributed by atoms with E-state index in [1.165, 1.54) is 11.6 Å². The summed E-state index contributed by atoms with van der Waals surface area (Å²) in [5.41, 5.74) is 4.31. The molecule has 25 heavy (non-hydrogen) atoms. The number of benzene rings is 2. The van der Waals surface area contributed by atoms with Gasteiger partial charge in [0.05, 0.1) is 0 Å². The molecule has 2 aromatic rings. The van der Waals surface area contributed by atoms with Crippen LogP contribution in [0.1, 0.15) is 58.2 Å². The minimum Gasteiger partial charge on any atom is -0.206 e. The van der Waals surface area contributed by atoms with E-state index in [1.807, 2.05) is 19.1 Å². The maximum absolute atomic E-state index is 14.4. The molecule has 0 fully saturated rings. The van der Waals surface area contributed by atoms with Crippen molar-refractivity contribution < 1.29 is 4.39 Å². The molecule has 132 valence electrons. The van der Waals surface area contributed by atoms with Gasteiger partial charge in [-0.15, -0.1) is 0 Å². The van der Waals surface area contributed by atoms with Gasteiger partial charge in [0.25, 0.3) is 0 Å². The zero-order valence-electron chi connectivity index (χ0n) is 16.0. The lowest BCUT2D eigenvalue weighted by atomic mass is 9.86. The number of hydrogen-bond donors (Lipinski definition) is 0. The second-order valence-electron chi connectivity index (χ2n) is 7.26. The number of allylic oxidation sites excluding steroid dienone is 3. The van der Waals surface area contributed by atoms with Crippen LogP contribution in [-0.2, 0) is 5.41 Å². The van der Waals surface area contributed by atoms with Gasteiger partial charge in [0.15, 0.2) is 0 Å². The Bertz CT molecular complexity index is 790. The number of halogens is 1. The van der Waals surface area contributed by atoms with Crippen molar-refractivity contribution in [1.29, 1.82) is 0 Å². The van der Waals surface area contributed by atoms with Gasteiger partial charge in [-0.2, -0.15) is 0 Å². The smallest absolute Gasteiger partial charge is 0.131 e. The van der Waals surface area contributed by atoms with Crippen molar-refractivity contribution in [2.45, 2.75) is 47.0 Å². The predicted octanol–water partition coefficient (Wildman–Crippen LogP) is 7.67. The summed E-state index contributed by atoms with van der Waals surface area (Å²) >= 11 is 1.63. The SMILES string of the molecule is C/C=C(/C)S/C(=C(\C)c1ccc(C(C)(C)C)cc1)c1ccccc1F. The quantitative estimate of drug-likeness (QED) is 0.508. The second-order valence-corrected chi connectivity index (χ2v) is 8.52. The minimum absolute atomic E-state index is 0.126. The molecule has 0 bridgehead atoms. The highest BCUT2D eigenvalue weighted by Gasteiger charge is 2.16. The maximum Gasteiger partial charge on any atom is 0.131 e. The first-order valence-corrected chi connectivity index (χ1v) is 9.43. The van der Waals surface area contributed by atoms with E-state index in [2.05, 4.69) is 65.0 Å². The van der Waals surface area contributed by atoms with E-state index in [4.69, 9.17) is 0 Å². The van der Waals surface area contributed by atoms with Crippen LogP contribution < -0.4 is 0 Å². The monoisotopic (exact) mass is 354 g/mol. The Morgan fingerprint density at radius 1 is 0.960 bits per heavy atom. The third kappa shape index (κ3) is 4.85. The van der Waals surface area contributed by atoms with E-state index in [0.29, 0.717) is 5.56 Å². The molecule has 0 heterocycles. The molecule has 0 aliphatic rings. The average molecular weight is 355 g/mol. The van der Waals surface area contributed by atoms with Gasteiger partial charge >= 0.3 is 0 Å². The topological polar surface area (TPSA) is 0 Å². The van der Waals surface area contributed by atoms with Gasteiger partial charge in [-0.3, -0.25) is 0 Å². The van der Waals surface area contributed by atoms with E-state index >= 15 is 0 Å². The third-order valence-electron chi connectivity index (χ3n) is 4.31. The molecule has 2 rings (SSSR count). The molecule has 2 aromatic carbocycles. The average Bonchev–Trinajstić information content (AvgIpc) is 2.59. The first-order chi connectivity index (χ1) is 11.7. The summed E-state index contributed by atoms with van der Waals surface area (Å²) in [5.74, 6) is -0.181. The summed E-state index contributed by atoms with van der Waals surface area (Å²) < 4.78 is 14.4. The largest absolute Gasteiger partial charge is 0.206 e. The maximum atomic E-state index is 14.4. The van der Waals surface area contributed by atoms with Crippen molar-refractivity contribution in [2.75, 3.05) is 0 Å². The van der Waals surface area contributed by atoms with E-state index < -0.39 is 0 Å². The first kappa shape index (κ1) is 19.5. The first-order valence-electron chi connectivity index (χ1n) is 8.61. The third-order valence-corrected chi connectivity index (χ3v) is 5.60. The van der Waals surface area contributed by atoms with Crippen molar-refractivity contribution in [3.8, 4) is 0 Å². The fraction of sp³-hybridized carbons (Fsp3) is 0.304. The highest BCUT2D eigenvalue weighted by atomic mass is 32.2. The van der Waals surface area contributed by atoms with Crippen molar-refractivity contribution >= 4 is 22.2 Å². The van der Waals surface area contributed by atoms with Crippen molar-refractivity contribution in [1.82, 2.24) is 0 Å². The lowest BCUT2D eigenvalue weighted by Gasteiger charge is -2.20. The zero-order chi connectivity index (χ0) is 18.6. The molecule has 0 aromatic heterocycles. The highest BCUT2D eigenvalue weighted by molar-refractivity contribution is 8.12. The molecule has 0 aliphatic heterocycles. The Labute approximate surface area is 155 Å². The molecule has 0 amide bonds. The Kier molecular flexibility index (Phi) is 6.29. The molecule has 0 radical (unpaired) electrons. The van der Waals surface area contributed by atoms with Crippen LogP contribution >= 0.6 is 11.8 Å². The van der Waals surface area contributed by atoms with Gasteiger partial charge < -0.3 is 0 Å². The van der Waals surface area contributed by atoms with Crippen LogP contribution in [0.25, 0.3) is 10.5 Å². The number of hydrogen-bond acceptors (Lipinski definition) is 1. The van der Waals surface area contributed by atoms with Crippen molar-refractivity contribution in [2.24, 2.45) is 0 Å². The van der Waals surface area contributed by atoms with Crippen molar-refractivity contribution in [3.63, 3.8) is 0 Å². The molecular formula is C23H27FS. The van der Waals surface area contributed by atoms with Crippen LogP contribution in [0.5, 0.6) is 0 Å². The van der Waals surface area contributed by atoms with Crippen LogP contribution in [-0.4, -0.2) is 0 Å². The lowest BCUT2D eigenvalue weighted by molar-refractivity contribution is 0.590. The Morgan fingerprint density at radius 2 is 1.56 bits per heavy atom. The molecule has 0 saturated heterocycles. The summed E-state index contributed by atoms with van der Waals surface area (Å²) in [4.78, 5) is 2.13. The minimum atomic E-state index is -0.181. The molecule has 0 unspecified atom stereocenters. The van der Waals surface area contributed by atoms with E-state index in [9.17, 15) is 4.39 Å². The van der Waals surface area contributed by atoms with Crippen LogP contribution in [0, 0.1) is 5.82 Å². The fourth-order valence-electron chi connectivity index (χ4n) is 2.55. The summed E-state index contributed by atoms with van der Waals surface area (Å²) in [6, 6.07) is 15.6. The lowest BCUT2D eigenvalue weighted by Crippen LogP contribution is -2.10. The van der Waals surface area contributed by atoms with E-state index in [1.54, 1.807) is 17.8 Å². The Hall–Kier alpha value is -1.80. The fourth-order valence-corrected chi connectivity index (χ4v) is 3.54. The summed E-state index contributed by atoms with van der Waals surface area (Å²) in [5, 5.41) is 0. The van der Waals surface area contributed by atoms with Gasteiger partial charge in [0.1, 0.15) is 5.82 Å². The standard InChI is InChI=1S/C23H27FS/c1-7-16(2)25-22(20-10-8-9-11-21(20)24)17(3)18-12-14-19(15-13-18)23(4,5)6/h7-15H,1-6H3/b16-7-,22-17+. The molecular weight excluding hydrogens is 327 g/mol. The van der Waals surface area contributed by atoms with E-state index in [0.717, 1.165) is 20.9 Å².